The van der Waals surface area contributed by atoms with Crippen LogP contribution >= 0.6 is 35.2 Å². The average molecular weight is 912 g/mol. The van der Waals surface area contributed by atoms with E-state index in [4.69, 9.17) is 32.5 Å². The second kappa shape index (κ2) is 19.4. The number of para-hydroxylation sites is 2. The minimum Gasteiger partial charge on any atom is -0.390 e. The van der Waals surface area contributed by atoms with Gasteiger partial charge in [0.25, 0.3) is 11.8 Å². The van der Waals surface area contributed by atoms with Crippen molar-refractivity contribution in [2.45, 2.75) is 37.9 Å². The standard InChI is InChI=1S/C25H24ClFN4O2.C20H14ClFN4O3S/c1-15(25(2,3)33)12-22-28-14-16-13-21(24(32)29-20-7-5-4-6-19(20)26)31(23(16)30-22)18-10-8-17(27)9-11-18;1-28-29-30-20-23-11-12-10-17(19(27)24-16-5-3-2-4-15(16)21)26(18(12)25-20)14-8-6-13(22)7-9-14/h4-11,13-15,33H,12H2,1-3H3,(H,29,32);2-11H,1H3,(H,24,27)/t15-;/m1./s1. The van der Waals surface area contributed by atoms with Crippen molar-refractivity contribution in [1.29, 1.82) is 0 Å². The van der Waals surface area contributed by atoms with Crippen LogP contribution in [0.1, 0.15) is 47.6 Å². The summed E-state index contributed by atoms with van der Waals surface area (Å²) in [4.78, 5) is 48.7. The van der Waals surface area contributed by atoms with Gasteiger partial charge in [0, 0.05) is 41.0 Å². The number of halogens is 4. The fourth-order valence-electron chi connectivity index (χ4n) is 6.26. The Balaban J connectivity index is 0.000000190. The van der Waals surface area contributed by atoms with Crippen LogP contribution in [0.4, 0.5) is 20.2 Å². The fraction of sp³-hybridized carbons (Fsp3) is 0.156. The maximum Gasteiger partial charge on any atom is 0.272 e. The molecule has 0 aliphatic rings. The van der Waals surface area contributed by atoms with Crippen LogP contribution < -0.4 is 10.6 Å². The van der Waals surface area contributed by atoms with Crippen LogP contribution in [0.5, 0.6) is 0 Å². The highest BCUT2D eigenvalue weighted by atomic mass is 35.5. The zero-order valence-electron chi connectivity index (χ0n) is 34.0. The summed E-state index contributed by atoms with van der Waals surface area (Å²) < 4.78 is 35.2. The van der Waals surface area contributed by atoms with Gasteiger partial charge in [0.15, 0.2) is 0 Å². The Morgan fingerprint density at radius 1 is 0.746 bits per heavy atom. The van der Waals surface area contributed by atoms with E-state index in [0.717, 1.165) is 12.0 Å². The number of anilines is 2. The first-order valence-corrected chi connectivity index (χ1v) is 20.7. The number of hydrogen-bond donors (Lipinski definition) is 3. The van der Waals surface area contributed by atoms with Gasteiger partial charge in [-0.05, 0) is 105 Å². The smallest absolute Gasteiger partial charge is 0.272 e. The predicted molar refractivity (Wildman–Crippen MR) is 240 cm³/mol. The topological polar surface area (TPSA) is 158 Å². The number of nitrogens with zero attached hydrogens (tertiary/aromatic N) is 6. The van der Waals surface area contributed by atoms with Crippen LogP contribution in [0.3, 0.4) is 0 Å². The zero-order chi connectivity index (χ0) is 44.8. The van der Waals surface area contributed by atoms with Crippen molar-refractivity contribution < 1.29 is 32.7 Å². The van der Waals surface area contributed by atoms with Gasteiger partial charge >= 0.3 is 0 Å². The molecule has 8 rings (SSSR count). The van der Waals surface area contributed by atoms with Gasteiger partial charge in [-0.3, -0.25) is 18.7 Å². The summed E-state index contributed by atoms with van der Waals surface area (Å²) in [5.41, 5.74) is 2.73. The molecular formula is C45H38Cl2F2N8O5S. The number of rotatable bonds is 12. The Bertz CT molecular complexity index is 2930. The van der Waals surface area contributed by atoms with E-state index in [9.17, 15) is 23.5 Å². The normalized spacial score (nSPS) is 11.9. The molecule has 0 unspecified atom stereocenters. The molecule has 322 valence electrons. The van der Waals surface area contributed by atoms with Gasteiger partial charge < -0.3 is 15.7 Å². The summed E-state index contributed by atoms with van der Waals surface area (Å²) in [6.45, 7) is 5.41. The number of hydrogen-bond acceptors (Lipinski definition) is 10. The Morgan fingerprint density at radius 2 is 1.21 bits per heavy atom. The highest BCUT2D eigenvalue weighted by Gasteiger charge is 2.25. The lowest BCUT2D eigenvalue weighted by molar-refractivity contribution is -0.160. The second-order valence-corrected chi connectivity index (χ2v) is 16.1. The number of benzene rings is 4. The van der Waals surface area contributed by atoms with Crippen molar-refractivity contribution in [2.75, 3.05) is 17.7 Å². The third-order valence-corrected chi connectivity index (χ3v) is 11.1. The van der Waals surface area contributed by atoms with E-state index in [1.54, 1.807) is 120 Å². The molecule has 8 aromatic rings. The van der Waals surface area contributed by atoms with E-state index in [-0.39, 0.29) is 22.6 Å². The van der Waals surface area contributed by atoms with Gasteiger partial charge in [0.05, 0.1) is 34.1 Å². The first kappa shape index (κ1) is 44.8. The van der Waals surface area contributed by atoms with Crippen molar-refractivity contribution >= 4 is 80.5 Å². The van der Waals surface area contributed by atoms with Crippen LogP contribution in [0.2, 0.25) is 10.0 Å². The fourth-order valence-corrected chi connectivity index (χ4v) is 6.97. The second-order valence-electron chi connectivity index (χ2n) is 14.6. The molecule has 0 aliphatic heterocycles. The van der Waals surface area contributed by atoms with Gasteiger partial charge in [-0.1, -0.05) is 54.4 Å². The lowest BCUT2D eigenvalue weighted by atomic mass is 9.90. The van der Waals surface area contributed by atoms with Crippen molar-refractivity contribution in [3.05, 3.63) is 160 Å². The summed E-state index contributed by atoms with van der Waals surface area (Å²) >= 11 is 13.2. The number of fused-ring (bicyclic) bond motifs is 2. The molecule has 13 nitrogen and oxygen atoms in total. The Labute approximate surface area is 374 Å². The van der Waals surface area contributed by atoms with Crippen LogP contribution in [-0.4, -0.2) is 58.7 Å². The van der Waals surface area contributed by atoms with Crippen LogP contribution in [0.15, 0.2) is 127 Å². The molecule has 2 amide bonds. The summed E-state index contributed by atoms with van der Waals surface area (Å²) in [5, 5.41) is 18.3. The van der Waals surface area contributed by atoms with Gasteiger partial charge in [0.2, 0.25) is 5.16 Å². The Morgan fingerprint density at radius 3 is 1.67 bits per heavy atom. The van der Waals surface area contributed by atoms with Gasteiger partial charge in [-0.25, -0.2) is 33.6 Å². The van der Waals surface area contributed by atoms with E-state index in [1.165, 1.54) is 31.4 Å². The Hall–Kier alpha value is -6.27. The predicted octanol–water partition coefficient (Wildman–Crippen LogP) is 10.5. The van der Waals surface area contributed by atoms with Gasteiger partial charge in [0.1, 0.15) is 52.2 Å². The molecule has 4 aromatic carbocycles. The van der Waals surface area contributed by atoms with E-state index in [0.29, 0.717) is 72.8 Å². The molecule has 63 heavy (non-hydrogen) atoms. The monoisotopic (exact) mass is 910 g/mol. The molecule has 1 atom stereocenters. The number of amides is 2. The van der Waals surface area contributed by atoms with E-state index in [2.05, 4.69) is 30.5 Å². The van der Waals surface area contributed by atoms with Gasteiger partial charge in [-0.15, -0.1) is 0 Å². The van der Waals surface area contributed by atoms with Crippen molar-refractivity contribution in [3.63, 3.8) is 0 Å². The molecule has 0 bridgehead atoms. The molecule has 0 radical (unpaired) electrons. The third kappa shape index (κ3) is 10.5. The highest BCUT2D eigenvalue weighted by Crippen LogP contribution is 2.30. The Kier molecular flexibility index (Phi) is 13.8. The first-order valence-electron chi connectivity index (χ1n) is 19.2. The minimum absolute atomic E-state index is 0.0906. The number of nitrogens with one attached hydrogen (secondary N) is 2. The average Bonchev–Trinajstić information content (AvgIpc) is 3.84. The molecule has 18 heteroatoms. The summed E-state index contributed by atoms with van der Waals surface area (Å²) in [6, 6.07) is 28.8. The lowest BCUT2D eigenvalue weighted by Gasteiger charge is -2.25. The SMILES string of the molecule is COOSc1ncc2cc(C(=O)Nc3ccccc3Cl)n(-c3ccc(F)cc3)c2n1.C[C@H](Cc1ncc2cc(C(=O)Nc3ccccc3Cl)n(-c3ccc(F)cc3)c2n1)C(C)(C)O. The number of carbonyl (C=O) groups excluding carboxylic acids is 2. The van der Waals surface area contributed by atoms with Crippen molar-refractivity contribution in [2.24, 2.45) is 5.92 Å². The van der Waals surface area contributed by atoms with E-state index in [1.807, 2.05) is 6.92 Å². The highest BCUT2D eigenvalue weighted by molar-refractivity contribution is 7.94. The maximum absolute atomic E-state index is 13.6. The quantitative estimate of drug-likeness (QED) is 0.0466. The molecule has 0 saturated heterocycles. The van der Waals surface area contributed by atoms with Crippen molar-refractivity contribution in [1.82, 2.24) is 29.1 Å². The van der Waals surface area contributed by atoms with Crippen molar-refractivity contribution in [3.8, 4) is 11.4 Å². The molecule has 0 saturated carbocycles. The van der Waals surface area contributed by atoms with Crippen LogP contribution in [-0.2, 0) is 15.6 Å². The van der Waals surface area contributed by atoms with Gasteiger partial charge in [-0.2, -0.15) is 4.33 Å². The summed E-state index contributed by atoms with van der Waals surface area (Å²) in [6.07, 6.45) is 3.67. The van der Waals surface area contributed by atoms with Crippen LogP contribution in [0.25, 0.3) is 33.4 Å². The van der Waals surface area contributed by atoms with E-state index >= 15 is 0 Å². The lowest BCUT2D eigenvalue weighted by Crippen LogP contribution is -2.30. The molecule has 3 N–H and O–H groups in total. The summed E-state index contributed by atoms with van der Waals surface area (Å²) in [5.74, 6) is -1.13. The third-order valence-electron chi connectivity index (χ3n) is 9.86. The molecule has 4 aromatic heterocycles. The number of aromatic nitrogens is 6. The van der Waals surface area contributed by atoms with E-state index < -0.39 is 23.2 Å². The minimum atomic E-state index is -0.892. The molecule has 0 aliphatic carbocycles. The largest absolute Gasteiger partial charge is 0.390 e. The first-order chi connectivity index (χ1) is 30.2. The van der Waals surface area contributed by atoms with Crippen LogP contribution in [0, 0.1) is 17.6 Å². The zero-order valence-corrected chi connectivity index (χ0v) is 36.3. The number of aliphatic hydroxyl groups is 1. The summed E-state index contributed by atoms with van der Waals surface area (Å²) in [7, 11) is 1.36. The molecule has 0 fully saturated rings. The number of carbonyl (C=O) groups is 2. The molecular weight excluding hydrogens is 874 g/mol. The molecule has 4 heterocycles. The maximum atomic E-state index is 13.6. The molecule has 0 spiro atoms.